The van der Waals surface area contributed by atoms with E-state index >= 15 is 0 Å². The summed E-state index contributed by atoms with van der Waals surface area (Å²) < 4.78 is 19.4. The molecule has 3 heterocycles. The van der Waals surface area contributed by atoms with Crippen LogP contribution in [0.2, 0.25) is 0 Å². The Kier molecular flexibility index (Phi) is 2.74. The van der Waals surface area contributed by atoms with E-state index in [1.165, 1.54) is 18.2 Å². The molecule has 0 amide bonds. The van der Waals surface area contributed by atoms with E-state index in [9.17, 15) is 4.39 Å². The van der Waals surface area contributed by atoms with E-state index < -0.39 is 0 Å². The molecule has 1 saturated carbocycles. The summed E-state index contributed by atoms with van der Waals surface area (Å²) in [6.45, 7) is 1.50. The van der Waals surface area contributed by atoms with Gasteiger partial charge < -0.3 is 14.3 Å². The van der Waals surface area contributed by atoms with Gasteiger partial charge in [0.1, 0.15) is 5.82 Å². The van der Waals surface area contributed by atoms with Gasteiger partial charge in [0, 0.05) is 47.6 Å². The van der Waals surface area contributed by atoms with Crippen LogP contribution >= 0.6 is 0 Å². The third kappa shape index (κ3) is 2.04. The Bertz CT molecular complexity index is 880. The first-order valence-electron chi connectivity index (χ1n) is 8.15. The second-order valence-corrected chi connectivity index (χ2v) is 6.49. The second-order valence-electron chi connectivity index (χ2n) is 6.49. The van der Waals surface area contributed by atoms with E-state index in [0.717, 1.165) is 48.2 Å². The normalized spacial score (nSPS) is 18.2. The van der Waals surface area contributed by atoms with Crippen LogP contribution in [0, 0.1) is 5.82 Å². The van der Waals surface area contributed by atoms with Crippen molar-refractivity contribution in [3.8, 4) is 0 Å². The predicted octanol–water partition coefficient (Wildman–Crippen LogP) is 3.52. The maximum atomic E-state index is 13.6. The standard InChI is InChI=1S/C17H17FN4O/c18-11-4-5-14-12(8-11)13-9-22(7-6-15(13)19-14)17-21-20-16(23-17)10-2-1-3-10/h4-5,8,10,19H,1-3,6-7,9H2. The minimum atomic E-state index is -0.207. The van der Waals surface area contributed by atoms with Crippen LogP contribution in [-0.2, 0) is 13.0 Å². The van der Waals surface area contributed by atoms with Crippen molar-refractivity contribution in [3.05, 3.63) is 41.2 Å². The number of rotatable bonds is 2. The van der Waals surface area contributed by atoms with Gasteiger partial charge in [-0.2, -0.15) is 0 Å². The molecule has 2 aliphatic rings. The number of nitrogens with one attached hydrogen (secondary N) is 1. The summed E-state index contributed by atoms with van der Waals surface area (Å²) in [6, 6.07) is 5.48. The fraction of sp³-hybridized carbons (Fsp3) is 0.412. The second kappa shape index (κ2) is 4.81. The topological polar surface area (TPSA) is 58.0 Å². The molecule has 0 saturated heterocycles. The Hall–Kier alpha value is -2.37. The quantitative estimate of drug-likeness (QED) is 0.786. The molecular weight excluding hydrogens is 295 g/mol. The summed E-state index contributed by atoms with van der Waals surface area (Å²) in [6.07, 6.45) is 4.41. The SMILES string of the molecule is Fc1ccc2[nH]c3c(c2c1)CN(c1nnc(C2CCC2)o1)CC3. The molecule has 1 aromatic carbocycles. The van der Waals surface area contributed by atoms with Crippen LogP contribution in [0.5, 0.6) is 0 Å². The number of aromatic amines is 1. The number of nitrogens with zero attached hydrogens (tertiary/aromatic N) is 3. The Morgan fingerprint density at radius 1 is 1.26 bits per heavy atom. The summed E-state index contributed by atoms with van der Waals surface area (Å²) in [4.78, 5) is 5.49. The molecule has 0 bridgehead atoms. The minimum Gasteiger partial charge on any atom is -0.408 e. The summed E-state index contributed by atoms with van der Waals surface area (Å²) in [5, 5.41) is 9.38. The highest BCUT2D eigenvalue weighted by molar-refractivity contribution is 5.85. The highest BCUT2D eigenvalue weighted by Gasteiger charge is 2.28. The van der Waals surface area contributed by atoms with Gasteiger partial charge in [0.25, 0.3) is 0 Å². The molecule has 6 heteroatoms. The maximum Gasteiger partial charge on any atom is 0.318 e. The molecule has 1 fully saturated rings. The van der Waals surface area contributed by atoms with Crippen molar-refractivity contribution in [2.24, 2.45) is 0 Å². The van der Waals surface area contributed by atoms with E-state index in [-0.39, 0.29) is 5.82 Å². The van der Waals surface area contributed by atoms with Crippen LogP contribution in [0.1, 0.15) is 42.3 Å². The van der Waals surface area contributed by atoms with Crippen LogP contribution < -0.4 is 4.90 Å². The van der Waals surface area contributed by atoms with Crippen molar-refractivity contribution >= 4 is 16.9 Å². The van der Waals surface area contributed by atoms with E-state index in [1.54, 1.807) is 12.1 Å². The van der Waals surface area contributed by atoms with Gasteiger partial charge in [-0.15, -0.1) is 5.10 Å². The van der Waals surface area contributed by atoms with Crippen LogP contribution in [0.3, 0.4) is 0 Å². The van der Waals surface area contributed by atoms with Crippen LogP contribution in [0.15, 0.2) is 22.6 Å². The number of hydrogen-bond acceptors (Lipinski definition) is 4. The van der Waals surface area contributed by atoms with Gasteiger partial charge in [-0.25, -0.2) is 4.39 Å². The Balaban J connectivity index is 1.48. The molecule has 3 aromatic rings. The summed E-state index contributed by atoms with van der Waals surface area (Å²) in [7, 11) is 0. The lowest BCUT2D eigenvalue weighted by atomic mass is 9.85. The molecule has 2 aromatic heterocycles. The average molecular weight is 312 g/mol. The number of H-pyrrole nitrogens is 1. The molecular formula is C17H17FN4O. The van der Waals surface area contributed by atoms with Gasteiger partial charge in [-0.3, -0.25) is 0 Å². The van der Waals surface area contributed by atoms with Crippen molar-refractivity contribution < 1.29 is 8.81 Å². The molecule has 23 heavy (non-hydrogen) atoms. The van der Waals surface area contributed by atoms with Gasteiger partial charge in [-0.1, -0.05) is 11.5 Å². The highest BCUT2D eigenvalue weighted by Crippen LogP contribution is 2.37. The van der Waals surface area contributed by atoms with E-state index in [4.69, 9.17) is 4.42 Å². The average Bonchev–Trinajstić information content (AvgIpc) is 3.10. The lowest BCUT2D eigenvalue weighted by Crippen LogP contribution is -2.30. The monoisotopic (exact) mass is 312 g/mol. The van der Waals surface area contributed by atoms with Crippen molar-refractivity contribution in [1.29, 1.82) is 0 Å². The van der Waals surface area contributed by atoms with E-state index in [1.807, 2.05) is 0 Å². The van der Waals surface area contributed by atoms with Gasteiger partial charge in [-0.05, 0) is 31.0 Å². The fourth-order valence-corrected chi connectivity index (χ4v) is 3.52. The largest absolute Gasteiger partial charge is 0.408 e. The number of anilines is 1. The van der Waals surface area contributed by atoms with Gasteiger partial charge >= 0.3 is 6.01 Å². The van der Waals surface area contributed by atoms with Crippen LogP contribution in [-0.4, -0.2) is 21.7 Å². The third-order valence-corrected chi connectivity index (χ3v) is 5.09. The molecule has 0 spiro atoms. The molecule has 118 valence electrons. The van der Waals surface area contributed by atoms with Crippen LogP contribution in [0.4, 0.5) is 10.4 Å². The molecule has 0 radical (unpaired) electrons. The zero-order chi connectivity index (χ0) is 15.4. The Morgan fingerprint density at radius 2 is 2.17 bits per heavy atom. The number of halogens is 1. The van der Waals surface area contributed by atoms with Gasteiger partial charge in [0.05, 0.1) is 0 Å². The molecule has 0 atom stereocenters. The zero-order valence-electron chi connectivity index (χ0n) is 12.7. The fourth-order valence-electron chi connectivity index (χ4n) is 3.52. The van der Waals surface area contributed by atoms with Crippen LogP contribution in [0.25, 0.3) is 10.9 Å². The van der Waals surface area contributed by atoms with Gasteiger partial charge in [0.15, 0.2) is 0 Å². The lowest BCUT2D eigenvalue weighted by Gasteiger charge is -2.25. The van der Waals surface area contributed by atoms with E-state index in [2.05, 4.69) is 20.1 Å². The number of aromatic nitrogens is 3. The number of hydrogen-bond donors (Lipinski definition) is 1. The summed E-state index contributed by atoms with van der Waals surface area (Å²) in [5.41, 5.74) is 3.30. The van der Waals surface area contributed by atoms with Gasteiger partial charge in [0.2, 0.25) is 5.89 Å². The van der Waals surface area contributed by atoms with E-state index in [0.29, 0.717) is 18.5 Å². The molecule has 1 aliphatic carbocycles. The predicted molar refractivity (Wildman–Crippen MR) is 83.9 cm³/mol. The smallest absolute Gasteiger partial charge is 0.318 e. The minimum absolute atomic E-state index is 0.207. The molecule has 5 rings (SSSR count). The Labute approximate surface area is 132 Å². The van der Waals surface area contributed by atoms with Crippen molar-refractivity contribution in [1.82, 2.24) is 15.2 Å². The Morgan fingerprint density at radius 3 is 3.00 bits per heavy atom. The zero-order valence-corrected chi connectivity index (χ0v) is 12.7. The van der Waals surface area contributed by atoms with Crippen molar-refractivity contribution in [2.45, 2.75) is 38.1 Å². The lowest BCUT2D eigenvalue weighted by molar-refractivity contribution is 0.334. The molecule has 0 unspecified atom stereocenters. The molecule has 1 aliphatic heterocycles. The molecule has 5 nitrogen and oxygen atoms in total. The first-order chi connectivity index (χ1) is 11.3. The van der Waals surface area contributed by atoms with Crippen molar-refractivity contribution in [2.75, 3.05) is 11.4 Å². The first-order valence-corrected chi connectivity index (χ1v) is 8.15. The first kappa shape index (κ1) is 13.1. The maximum absolute atomic E-state index is 13.6. The third-order valence-electron chi connectivity index (χ3n) is 5.09. The highest BCUT2D eigenvalue weighted by atomic mass is 19.1. The summed E-state index contributed by atoms with van der Waals surface area (Å²) >= 11 is 0. The number of fused-ring (bicyclic) bond motifs is 3. The number of benzene rings is 1. The molecule has 1 N–H and O–H groups in total. The summed E-state index contributed by atoms with van der Waals surface area (Å²) in [5.74, 6) is 1.00. The van der Waals surface area contributed by atoms with Crippen molar-refractivity contribution in [3.63, 3.8) is 0 Å².